The fraction of sp³-hybridized carbons (Fsp3) is 0.122. The first-order valence-electron chi connectivity index (χ1n) is 15.8. The molecular formula is C41H38O2P2. The van der Waals surface area contributed by atoms with Gasteiger partial charge in [-0.1, -0.05) is 0 Å². The van der Waals surface area contributed by atoms with Gasteiger partial charge in [0, 0.05) is 0 Å². The van der Waals surface area contributed by atoms with Crippen LogP contribution in [0.4, 0.5) is 0 Å². The summed E-state index contributed by atoms with van der Waals surface area (Å²) in [5.74, 6) is 1.87. The molecule has 0 atom stereocenters. The molecular weight excluding hydrogens is 586 g/mol. The molecule has 1 aliphatic rings. The van der Waals surface area contributed by atoms with Crippen molar-refractivity contribution >= 4 is 47.0 Å². The van der Waals surface area contributed by atoms with Crippen molar-refractivity contribution in [3.8, 4) is 22.6 Å². The van der Waals surface area contributed by atoms with E-state index in [0.29, 0.717) is 13.2 Å². The van der Waals surface area contributed by atoms with Crippen LogP contribution in [-0.4, -0.2) is 19.9 Å². The molecule has 0 spiro atoms. The Labute approximate surface area is 268 Å². The summed E-state index contributed by atoms with van der Waals surface area (Å²) in [4.78, 5) is 0. The van der Waals surface area contributed by atoms with Gasteiger partial charge in [0.1, 0.15) is 0 Å². The molecule has 0 radical (unpaired) electrons. The van der Waals surface area contributed by atoms with E-state index in [4.69, 9.17) is 9.47 Å². The van der Waals surface area contributed by atoms with E-state index in [0.717, 1.165) is 29.9 Å². The molecule has 1 aliphatic heterocycles. The van der Waals surface area contributed by atoms with Crippen LogP contribution < -0.4 is 41.3 Å². The molecule has 6 aromatic carbocycles. The van der Waals surface area contributed by atoms with Crippen LogP contribution in [0.1, 0.15) is 12.8 Å². The second-order valence-corrected chi connectivity index (χ2v) is 17.7. The first-order valence-corrected chi connectivity index (χ1v) is 19.6. The quantitative estimate of drug-likeness (QED) is 0.181. The van der Waals surface area contributed by atoms with Crippen LogP contribution in [0.15, 0.2) is 158 Å². The molecule has 0 aromatic heterocycles. The molecule has 0 N–H and O–H groups in total. The molecule has 0 aliphatic carbocycles. The van der Waals surface area contributed by atoms with E-state index in [9.17, 15) is 0 Å². The summed E-state index contributed by atoms with van der Waals surface area (Å²) in [6, 6.07) is 57.5. The Balaban J connectivity index is 1.58. The normalized spacial score (nSPS) is 13.6. The molecule has 0 amide bonds. The molecule has 4 heteroatoms. The van der Waals surface area contributed by atoms with Gasteiger partial charge in [-0.2, -0.15) is 0 Å². The Morgan fingerprint density at radius 1 is 0.467 bits per heavy atom. The Bertz CT molecular complexity index is 1780. The monoisotopic (exact) mass is 624 g/mol. The van der Waals surface area contributed by atoms with Crippen molar-refractivity contribution in [2.75, 3.05) is 19.9 Å². The maximum atomic E-state index is 6.75. The van der Waals surface area contributed by atoms with Crippen molar-refractivity contribution < 1.29 is 9.47 Å². The van der Waals surface area contributed by atoms with Gasteiger partial charge in [0.25, 0.3) is 0 Å². The molecule has 0 bridgehead atoms. The van der Waals surface area contributed by atoms with Gasteiger partial charge < -0.3 is 0 Å². The van der Waals surface area contributed by atoms with E-state index >= 15 is 0 Å². The minimum atomic E-state index is -2.54. The molecule has 7 rings (SSSR count). The second-order valence-electron chi connectivity index (χ2n) is 11.6. The summed E-state index contributed by atoms with van der Waals surface area (Å²) in [6.07, 6.45) is 1.90. The van der Waals surface area contributed by atoms with Gasteiger partial charge in [-0.25, -0.2) is 0 Å². The average Bonchev–Trinajstić information content (AvgIpc) is 3.11. The number of hydrogen-bond donors (Lipinski definition) is 0. The van der Waals surface area contributed by atoms with Crippen molar-refractivity contribution in [1.29, 1.82) is 0 Å². The van der Waals surface area contributed by atoms with Crippen LogP contribution in [0.5, 0.6) is 11.5 Å². The number of benzene rings is 6. The molecule has 224 valence electrons. The third-order valence-electron chi connectivity index (χ3n) is 8.84. The minimum absolute atomic E-state index is 0.665. The molecule has 45 heavy (non-hydrogen) atoms. The van der Waals surface area contributed by atoms with Crippen molar-refractivity contribution in [3.63, 3.8) is 0 Å². The van der Waals surface area contributed by atoms with Gasteiger partial charge in [-0.15, -0.1) is 0 Å². The molecule has 0 saturated carbocycles. The van der Waals surface area contributed by atoms with Crippen molar-refractivity contribution in [1.82, 2.24) is 0 Å². The van der Waals surface area contributed by atoms with E-state index in [1.807, 2.05) is 0 Å². The second kappa shape index (κ2) is 13.4. The Morgan fingerprint density at radius 3 is 1.42 bits per heavy atom. The molecule has 2 nitrogen and oxygen atoms in total. The van der Waals surface area contributed by atoms with Crippen LogP contribution in [-0.2, 0) is 0 Å². The number of fused-ring (bicyclic) bond motifs is 3. The van der Waals surface area contributed by atoms with E-state index in [1.54, 1.807) is 0 Å². The third-order valence-corrected chi connectivity index (χ3v) is 15.8. The van der Waals surface area contributed by atoms with E-state index in [2.05, 4.69) is 164 Å². The van der Waals surface area contributed by atoms with E-state index in [-0.39, 0.29) is 0 Å². The Hall–Kier alpha value is -4.22. The zero-order valence-corrected chi connectivity index (χ0v) is 27.5. The summed E-state index contributed by atoms with van der Waals surface area (Å²) < 4.78 is 13.5. The summed E-state index contributed by atoms with van der Waals surface area (Å²) in [5.41, 5.74) is 2.33. The topological polar surface area (TPSA) is 18.5 Å². The van der Waals surface area contributed by atoms with Gasteiger partial charge in [0.15, 0.2) is 0 Å². The third kappa shape index (κ3) is 5.82. The molecule has 0 saturated heterocycles. The zero-order valence-electron chi connectivity index (χ0n) is 25.6. The maximum absolute atomic E-state index is 6.75. The molecule has 6 aromatic rings. The van der Waals surface area contributed by atoms with Crippen LogP contribution in [0.3, 0.4) is 0 Å². The standard InChI is InChI=1S/C41H38O2P2/c1-45(34-22-10-4-11-23-34,35-24-12-5-13-25-35)39-29-17-27-37-41(39)40-36(42-30-14-15-31-43-37)26-16-28-38(40)44(32-18-6-2-7-19-32)33-20-8-3-9-21-33/h2-13,16-29,45H,14-15,30-31H2,1H3. The first kappa shape index (κ1) is 29.5. The van der Waals surface area contributed by atoms with E-state index < -0.39 is 15.2 Å². The average molecular weight is 625 g/mol. The fourth-order valence-electron chi connectivity index (χ4n) is 6.57. The van der Waals surface area contributed by atoms with Gasteiger partial charge >= 0.3 is 270 Å². The number of rotatable bonds is 6. The molecule has 0 fully saturated rings. The van der Waals surface area contributed by atoms with Gasteiger partial charge in [0.05, 0.1) is 0 Å². The predicted octanol–water partition coefficient (Wildman–Crippen LogP) is 7.32. The summed E-state index contributed by atoms with van der Waals surface area (Å²) in [7, 11) is -3.44. The number of ether oxygens (including phenoxy) is 2. The molecule has 0 unspecified atom stereocenters. The van der Waals surface area contributed by atoms with Crippen LogP contribution in [0, 0.1) is 0 Å². The fourth-order valence-corrected chi connectivity index (χ4v) is 12.9. The Morgan fingerprint density at radius 2 is 0.911 bits per heavy atom. The number of hydrogen-bond acceptors (Lipinski definition) is 2. The first-order chi connectivity index (χ1) is 22.2. The SMILES string of the molecule is C[PH](c1ccccc1)(c1ccccc1)c1cccc2c1-c1c(cccc1P(c1ccccc1)c1ccccc1)OCCCCO2. The van der Waals surface area contributed by atoms with Crippen LogP contribution in [0.2, 0.25) is 0 Å². The van der Waals surface area contributed by atoms with Crippen LogP contribution in [0.25, 0.3) is 11.1 Å². The predicted molar refractivity (Wildman–Crippen MR) is 197 cm³/mol. The van der Waals surface area contributed by atoms with Crippen molar-refractivity contribution in [2.45, 2.75) is 12.8 Å². The molecule has 1 heterocycles. The van der Waals surface area contributed by atoms with Crippen molar-refractivity contribution in [3.05, 3.63) is 158 Å². The Kier molecular flexibility index (Phi) is 8.79. The van der Waals surface area contributed by atoms with Crippen LogP contribution >= 0.6 is 15.2 Å². The van der Waals surface area contributed by atoms with Crippen molar-refractivity contribution in [2.24, 2.45) is 0 Å². The zero-order chi connectivity index (χ0) is 30.5. The van der Waals surface area contributed by atoms with Gasteiger partial charge in [-0.3, -0.25) is 0 Å². The van der Waals surface area contributed by atoms with E-state index in [1.165, 1.54) is 37.4 Å². The van der Waals surface area contributed by atoms with Gasteiger partial charge in [0.2, 0.25) is 0 Å². The summed E-state index contributed by atoms with van der Waals surface area (Å²) in [5, 5.41) is 8.00. The van der Waals surface area contributed by atoms with Gasteiger partial charge in [-0.05, 0) is 0 Å². The summed E-state index contributed by atoms with van der Waals surface area (Å²) >= 11 is 0. The summed E-state index contributed by atoms with van der Waals surface area (Å²) in [6.45, 7) is 3.82.